The zero-order valence-electron chi connectivity index (χ0n) is 21.8. The van der Waals surface area contributed by atoms with Gasteiger partial charge in [0, 0.05) is 36.2 Å². The highest BCUT2D eigenvalue weighted by Crippen LogP contribution is 2.43. The summed E-state index contributed by atoms with van der Waals surface area (Å²) in [7, 11) is 2.09. The van der Waals surface area contributed by atoms with Crippen LogP contribution in [0.2, 0.25) is 5.02 Å². The maximum absolute atomic E-state index is 9.62. The van der Waals surface area contributed by atoms with Crippen LogP contribution in [0.15, 0.2) is 30.5 Å². The molecule has 0 aliphatic heterocycles. The summed E-state index contributed by atoms with van der Waals surface area (Å²) < 4.78 is 0. The van der Waals surface area contributed by atoms with E-state index in [9.17, 15) is 5.26 Å². The Kier molecular flexibility index (Phi) is 8.81. The molecule has 198 valence electrons. The van der Waals surface area contributed by atoms with E-state index in [4.69, 9.17) is 11.6 Å². The van der Waals surface area contributed by atoms with Crippen LogP contribution in [-0.4, -0.2) is 41.7 Å². The summed E-state index contributed by atoms with van der Waals surface area (Å²) in [5, 5.41) is 24.7. The minimum atomic E-state index is 0.482. The highest BCUT2D eigenvalue weighted by molar-refractivity contribution is 6.31. The first-order chi connectivity index (χ1) is 18.1. The van der Waals surface area contributed by atoms with E-state index in [0.717, 1.165) is 23.9 Å². The van der Waals surface area contributed by atoms with Crippen molar-refractivity contribution < 1.29 is 0 Å². The van der Waals surface area contributed by atoms with Gasteiger partial charge in [0.05, 0.1) is 6.20 Å². The summed E-state index contributed by atoms with van der Waals surface area (Å²) in [6.45, 7) is 1.38. The molecular weight excluding hydrogens is 482 g/mol. The summed E-state index contributed by atoms with van der Waals surface area (Å²) in [6.07, 6.45) is 13.3. The summed E-state index contributed by atoms with van der Waals surface area (Å²) in [4.78, 5) is 8.97. The van der Waals surface area contributed by atoms with Gasteiger partial charge >= 0.3 is 0 Å². The molecule has 2 aromatic rings. The second-order valence-corrected chi connectivity index (χ2v) is 11.6. The highest BCUT2D eigenvalue weighted by atomic mass is 35.5. The van der Waals surface area contributed by atoms with E-state index < -0.39 is 0 Å². The molecule has 4 N–H and O–H groups in total. The molecule has 8 heteroatoms. The summed E-state index contributed by atoms with van der Waals surface area (Å²) >= 11 is 6.28. The molecular formula is C29H40ClN7. The SMILES string of the molecule is CNC1CCC(N[C@@H]2[C@@H]3CCC[C@H]2CC(CNc2nc(NCc4ccccc4Cl)ncc2C#N)C3)CC1. The summed E-state index contributed by atoms with van der Waals surface area (Å²) in [6, 6.07) is 12.0. The molecule has 3 aliphatic rings. The maximum atomic E-state index is 9.62. The topological polar surface area (TPSA) is 97.7 Å². The number of anilines is 2. The van der Waals surface area contributed by atoms with E-state index in [2.05, 4.69) is 44.4 Å². The van der Waals surface area contributed by atoms with E-state index in [1.54, 1.807) is 6.20 Å². The average Bonchev–Trinajstić information content (AvgIpc) is 2.92. The van der Waals surface area contributed by atoms with Crippen molar-refractivity contribution in [3.63, 3.8) is 0 Å². The Labute approximate surface area is 226 Å². The average molecular weight is 522 g/mol. The molecule has 4 atom stereocenters. The Morgan fingerprint density at radius 2 is 1.73 bits per heavy atom. The van der Waals surface area contributed by atoms with Gasteiger partial charge in [0.15, 0.2) is 0 Å². The van der Waals surface area contributed by atoms with Crippen LogP contribution in [0.3, 0.4) is 0 Å². The fourth-order valence-corrected chi connectivity index (χ4v) is 7.07. The van der Waals surface area contributed by atoms with Crippen LogP contribution in [0.25, 0.3) is 0 Å². The Hall–Kier alpha value is -2.40. The number of halogens is 1. The molecule has 1 heterocycles. The third-order valence-electron chi connectivity index (χ3n) is 8.86. The number of benzene rings is 1. The molecule has 5 rings (SSSR count). The maximum Gasteiger partial charge on any atom is 0.224 e. The van der Waals surface area contributed by atoms with Crippen LogP contribution >= 0.6 is 11.6 Å². The van der Waals surface area contributed by atoms with Crippen molar-refractivity contribution in [3.8, 4) is 6.07 Å². The quantitative estimate of drug-likeness (QED) is 0.353. The number of hydrogen-bond acceptors (Lipinski definition) is 7. The molecule has 37 heavy (non-hydrogen) atoms. The van der Waals surface area contributed by atoms with Crippen molar-refractivity contribution in [1.29, 1.82) is 5.26 Å². The largest absolute Gasteiger partial charge is 0.369 e. The van der Waals surface area contributed by atoms with Gasteiger partial charge < -0.3 is 21.3 Å². The molecule has 1 aromatic carbocycles. The van der Waals surface area contributed by atoms with E-state index in [0.29, 0.717) is 52.9 Å². The van der Waals surface area contributed by atoms with E-state index in [1.165, 1.54) is 57.8 Å². The number of nitrogens with zero attached hydrogens (tertiary/aromatic N) is 3. The standard InChI is InChI=1S/C29H40ClN7/c1-32-24-9-11-25(12-10-24)36-27-20-6-4-7-21(27)14-19(13-20)16-33-28-23(15-31)18-35-29(37-28)34-17-22-5-2-3-8-26(22)30/h2-3,5,8,18-21,24-25,27,32,36H,4,6-7,9-14,16-17H2,1H3,(H2,33,34,35,37)/t19?,20-,21+,24?,25?,27-. The van der Waals surface area contributed by atoms with Gasteiger partial charge in [-0.2, -0.15) is 10.2 Å². The van der Waals surface area contributed by atoms with Crippen molar-refractivity contribution in [2.24, 2.45) is 17.8 Å². The number of nitrogens with one attached hydrogen (secondary N) is 4. The van der Waals surface area contributed by atoms with Crippen molar-refractivity contribution >= 4 is 23.4 Å². The number of aromatic nitrogens is 2. The number of rotatable bonds is 9. The third-order valence-corrected chi connectivity index (χ3v) is 9.23. The molecule has 0 spiro atoms. The predicted octanol–water partition coefficient (Wildman–Crippen LogP) is 5.34. The zero-order chi connectivity index (χ0) is 25.6. The molecule has 3 fully saturated rings. The van der Waals surface area contributed by atoms with E-state index in [1.807, 2.05) is 24.3 Å². The first-order valence-electron chi connectivity index (χ1n) is 14.0. The monoisotopic (exact) mass is 521 g/mol. The van der Waals surface area contributed by atoms with Crippen LogP contribution in [0, 0.1) is 29.1 Å². The van der Waals surface area contributed by atoms with Gasteiger partial charge in [-0.1, -0.05) is 36.2 Å². The number of fused-ring (bicyclic) bond motifs is 2. The van der Waals surface area contributed by atoms with Gasteiger partial charge in [0.1, 0.15) is 17.5 Å². The second-order valence-electron chi connectivity index (χ2n) is 11.2. The molecule has 7 nitrogen and oxygen atoms in total. The molecule has 3 aliphatic carbocycles. The lowest BCUT2D eigenvalue weighted by molar-refractivity contribution is 0.0745. The van der Waals surface area contributed by atoms with Crippen molar-refractivity contribution in [2.75, 3.05) is 24.2 Å². The lowest BCUT2D eigenvalue weighted by atomic mass is 9.64. The second kappa shape index (κ2) is 12.4. The molecule has 1 aromatic heterocycles. The third kappa shape index (κ3) is 6.54. The van der Waals surface area contributed by atoms with Crippen LogP contribution in [0.1, 0.15) is 68.9 Å². The first kappa shape index (κ1) is 26.2. The van der Waals surface area contributed by atoms with Crippen molar-refractivity contribution in [1.82, 2.24) is 20.6 Å². The fourth-order valence-electron chi connectivity index (χ4n) is 6.87. The lowest BCUT2D eigenvalue weighted by Gasteiger charge is -2.48. The smallest absolute Gasteiger partial charge is 0.224 e. The minimum Gasteiger partial charge on any atom is -0.369 e. The molecule has 0 amide bonds. The van der Waals surface area contributed by atoms with Gasteiger partial charge in [0.25, 0.3) is 0 Å². The normalized spacial score (nSPS) is 29.3. The predicted molar refractivity (Wildman–Crippen MR) is 150 cm³/mol. The zero-order valence-corrected chi connectivity index (χ0v) is 22.6. The molecule has 0 saturated heterocycles. The molecule has 2 bridgehead atoms. The van der Waals surface area contributed by atoms with E-state index in [-0.39, 0.29) is 0 Å². The molecule has 1 unspecified atom stereocenters. The van der Waals surface area contributed by atoms with Crippen molar-refractivity contribution in [3.05, 3.63) is 46.6 Å². The van der Waals surface area contributed by atoms with Crippen LogP contribution in [0.4, 0.5) is 11.8 Å². The van der Waals surface area contributed by atoms with Gasteiger partial charge in [-0.15, -0.1) is 0 Å². The van der Waals surface area contributed by atoms with Gasteiger partial charge in [-0.3, -0.25) is 0 Å². The molecule has 3 saturated carbocycles. The van der Waals surface area contributed by atoms with Crippen LogP contribution in [0.5, 0.6) is 0 Å². The number of nitriles is 1. The van der Waals surface area contributed by atoms with Gasteiger partial charge in [-0.25, -0.2) is 4.98 Å². The van der Waals surface area contributed by atoms with Crippen molar-refractivity contribution in [2.45, 2.75) is 82.5 Å². The lowest BCUT2D eigenvalue weighted by Crippen LogP contribution is -2.54. The first-order valence-corrected chi connectivity index (χ1v) is 14.4. The highest BCUT2D eigenvalue weighted by Gasteiger charge is 2.41. The number of hydrogen-bond donors (Lipinski definition) is 4. The summed E-state index contributed by atoms with van der Waals surface area (Å²) in [5.74, 6) is 3.24. The van der Waals surface area contributed by atoms with Gasteiger partial charge in [-0.05, 0) is 87.8 Å². The Bertz CT molecular complexity index is 1060. The Morgan fingerprint density at radius 3 is 2.43 bits per heavy atom. The van der Waals surface area contributed by atoms with Crippen LogP contribution < -0.4 is 21.3 Å². The Balaban J connectivity index is 1.16. The van der Waals surface area contributed by atoms with Gasteiger partial charge in [0.2, 0.25) is 5.95 Å². The van der Waals surface area contributed by atoms with Crippen LogP contribution in [-0.2, 0) is 6.54 Å². The Morgan fingerprint density at radius 1 is 1.00 bits per heavy atom. The fraction of sp³-hybridized carbons (Fsp3) is 0.621. The minimum absolute atomic E-state index is 0.482. The van der Waals surface area contributed by atoms with E-state index >= 15 is 0 Å². The molecule has 0 radical (unpaired) electrons. The summed E-state index contributed by atoms with van der Waals surface area (Å²) in [5.41, 5.74) is 1.47.